The van der Waals surface area contributed by atoms with Gasteiger partial charge in [-0.15, -0.1) is 0 Å². The van der Waals surface area contributed by atoms with E-state index < -0.39 is 38.1 Å². The molecule has 0 atom stereocenters. The van der Waals surface area contributed by atoms with Crippen LogP contribution in [0.25, 0.3) is 0 Å². The third kappa shape index (κ3) is 2.88. The Hall–Kier alpha value is -1.73. The zero-order chi connectivity index (χ0) is 14.9. The lowest BCUT2D eigenvalue weighted by Crippen LogP contribution is -2.15. The van der Waals surface area contributed by atoms with E-state index in [1.807, 2.05) is 4.72 Å². The smallest absolute Gasteiger partial charge is 0.264 e. The minimum atomic E-state index is -4.39. The van der Waals surface area contributed by atoms with Crippen LogP contribution in [0.2, 0.25) is 5.02 Å². The van der Waals surface area contributed by atoms with Crippen LogP contribution in [0.5, 0.6) is 0 Å². The number of rotatable bonds is 3. The molecular formula is C12H7ClF3NO2S. The predicted molar refractivity (Wildman–Crippen MR) is 68.6 cm³/mol. The number of halogens is 4. The summed E-state index contributed by atoms with van der Waals surface area (Å²) < 4.78 is 65.5. The minimum absolute atomic E-state index is 0.287. The molecule has 0 unspecified atom stereocenters. The van der Waals surface area contributed by atoms with Crippen molar-refractivity contribution in [1.82, 2.24) is 0 Å². The van der Waals surface area contributed by atoms with Crippen LogP contribution in [0.15, 0.2) is 41.3 Å². The lowest BCUT2D eigenvalue weighted by molar-refractivity contribution is 0.550. The van der Waals surface area contributed by atoms with Crippen LogP contribution in [0.3, 0.4) is 0 Å². The Labute approximate surface area is 118 Å². The molecule has 0 bridgehead atoms. The molecule has 8 heteroatoms. The first-order valence-electron chi connectivity index (χ1n) is 5.23. The van der Waals surface area contributed by atoms with Gasteiger partial charge >= 0.3 is 0 Å². The molecular weight excluding hydrogens is 315 g/mol. The summed E-state index contributed by atoms with van der Waals surface area (Å²) in [5, 5.41) is -0.287. The van der Waals surface area contributed by atoms with Gasteiger partial charge in [-0.2, -0.15) is 0 Å². The Kier molecular flexibility index (Phi) is 3.92. The zero-order valence-corrected chi connectivity index (χ0v) is 11.3. The van der Waals surface area contributed by atoms with Crippen molar-refractivity contribution in [3.63, 3.8) is 0 Å². The standard InChI is InChI=1S/C12H7ClF3NO2S/c13-8-2-1-3-10(12(8)16)17-20(18,19)11-5-4-7(14)6-9(11)15/h1-6,17H. The molecule has 2 aromatic carbocycles. The molecule has 1 N–H and O–H groups in total. The Morgan fingerprint density at radius 2 is 1.75 bits per heavy atom. The fraction of sp³-hybridized carbons (Fsp3) is 0. The number of nitrogens with one attached hydrogen (secondary N) is 1. The van der Waals surface area contributed by atoms with E-state index in [0.29, 0.717) is 6.07 Å². The molecule has 3 nitrogen and oxygen atoms in total. The molecule has 20 heavy (non-hydrogen) atoms. The van der Waals surface area contributed by atoms with Gasteiger partial charge in [0.1, 0.15) is 16.5 Å². The summed E-state index contributed by atoms with van der Waals surface area (Å²) in [5.74, 6) is -3.18. The second kappa shape index (κ2) is 5.34. The van der Waals surface area contributed by atoms with Crippen molar-refractivity contribution in [2.24, 2.45) is 0 Å². The van der Waals surface area contributed by atoms with Crippen molar-refractivity contribution in [1.29, 1.82) is 0 Å². The van der Waals surface area contributed by atoms with Gasteiger partial charge in [0.15, 0.2) is 5.82 Å². The summed E-state index contributed by atoms with van der Waals surface area (Å²) in [6.45, 7) is 0. The van der Waals surface area contributed by atoms with Crippen molar-refractivity contribution in [3.8, 4) is 0 Å². The Morgan fingerprint density at radius 1 is 1.05 bits per heavy atom. The Balaban J connectivity index is 2.44. The van der Waals surface area contributed by atoms with Crippen LogP contribution in [0.1, 0.15) is 0 Å². The van der Waals surface area contributed by atoms with Gasteiger partial charge in [0.2, 0.25) is 0 Å². The van der Waals surface area contributed by atoms with Crippen LogP contribution >= 0.6 is 11.6 Å². The van der Waals surface area contributed by atoms with Crippen molar-refractivity contribution >= 4 is 27.3 Å². The van der Waals surface area contributed by atoms with Gasteiger partial charge in [0, 0.05) is 6.07 Å². The number of anilines is 1. The van der Waals surface area contributed by atoms with Crippen LogP contribution in [0.4, 0.5) is 18.9 Å². The van der Waals surface area contributed by atoms with Crippen LogP contribution in [-0.4, -0.2) is 8.42 Å². The molecule has 106 valence electrons. The Bertz CT molecular complexity index is 765. The van der Waals surface area contributed by atoms with E-state index in [1.165, 1.54) is 12.1 Å². The van der Waals surface area contributed by atoms with Crippen molar-refractivity contribution < 1.29 is 21.6 Å². The molecule has 0 spiro atoms. The second-order valence-corrected chi connectivity index (χ2v) is 5.84. The summed E-state index contributed by atoms with van der Waals surface area (Å²) in [4.78, 5) is -0.793. The maximum atomic E-state index is 13.6. The average Bonchev–Trinajstić information content (AvgIpc) is 2.34. The molecule has 0 heterocycles. The van der Waals surface area contributed by atoms with Crippen LogP contribution in [0, 0.1) is 17.5 Å². The molecule has 2 aromatic rings. The van der Waals surface area contributed by atoms with Crippen molar-refractivity contribution in [3.05, 3.63) is 58.9 Å². The van der Waals surface area contributed by atoms with E-state index >= 15 is 0 Å². The highest BCUT2D eigenvalue weighted by molar-refractivity contribution is 7.92. The maximum absolute atomic E-state index is 13.6. The second-order valence-electron chi connectivity index (χ2n) is 3.78. The van der Waals surface area contributed by atoms with Gasteiger partial charge in [0.05, 0.1) is 10.7 Å². The maximum Gasteiger partial charge on any atom is 0.264 e. The van der Waals surface area contributed by atoms with Gasteiger partial charge in [-0.3, -0.25) is 4.72 Å². The first-order valence-corrected chi connectivity index (χ1v) is 7.09. The lowest BCUT2D eigenvalue weighted by atomic mass is 10.3. The van der Waals surface area contributed by atoms with E-state index in [2.05, 4.69) is 0 Å². The fourth-order valence-corrected chi connectivity index (χ4v) is 2.77. The topological polar surface area (TPSA) is 46.2 Å². The summed E-state index contributed by atoms with van der Waals surface area (Å²) in [7, 11) is -4.39. The molecule has 0 aliphatic heterocycles. The number of benzene rings is 2. The number of hydrogen-bond donors (Lipinski definition) is 1. The molecule has 0 aromatic heterocycles. The third-order valence-corrected chi connectivity index (χ3v) is 4.07. The third-order valence-electron chi connectivity index (χ3n) is 2.38. The highest BCUT2D eigenvalue weighted by Crippen LogP contribution is 2.25. The fourth-order valence-electron chi connectivity index (χ4n) is 1.48. The summed E-state index contributed by atoms with van der Waals surface area (Å²) in [6, 6.07) is 5.63. The van der Waals surface area contributed by atoms with E-state index in [4.69, 9.17) is 11.6 Å². The largest absolute Gasteiger partial charge is 0.277 e. The quantitative estimate of drug-likeness (QED) is 0.939. The Morgan fingerprint density at radius 3 is 2.40 bits per heavy atom. The first-order chi connectivity index (χ1) is 9.31. The molecule has 0 fully saturated rings. The molecule has 0 saturated heterocycles. The van der Waals surface area contributed by atoms with E-state index in [0.717, 1.165) is 18.2 Å². The highest BCUT2D eigenvalue weighted by Gasteiger charge is 2.21. The molecule has 0 aliphatic rings. The molecule has 0 amide bonds. The van der Waals surface area contributed by atoms with Crippen LogP contribution in [-0.2, 0) is 10.0 Å². The molecule has 2 rings (SSSR count). The highest BCUT2D eigenvalue weighted by atomic mass is 35.5. The first kappa shape index (κ1) is 14.7. The normalized spacial score (nSPS) is 11.4. The van der Waals surface area contributed by atoms with Gasteiger partial charge in [-0.05, 0) is 24.3 Å². The monoisotopic (exact) mass is 321 g/mol. The van der Waals surface area contributed by atoms with Gasteiger partial charge in [0.25, 0.3) is 10.0 Å². The average molecular weight is 322 g/mol. The summed E-state index contributed by atoms with van der Waals surface area (Å²) >= 11 is 5.51. The van der Waals surface area contributed by atoms with E-state index in [9.17, 15) is 21.6 Å². The van der Waals surface area contributed by atoms with Gasteiger partial charge in [-0.1, -0.05) is 17.7 Å². The molecule has 0 saturated carbocycles. The minimum Gasteiger partial charge on any atom is -0.277 e. The van der Waals surface area contributed by atoms with Crippen LogP contribution < -0.4 is 4.72 Å². The number of hydrogen-bond acceptors (Lipinski definition) is 2. The molecule has 0 radical (unpaired) electrons. The summed E-state index contributed by atoms with van der Waals surface area (Å²) in [5.41, 5.74) is -0.429. The van der Waals surface area contributed by atoms with Gasteiger partial charge < -0.3 is 0 Å². The lowest BCUT2D eigenvalue weighted by Gasteiger charge is -2.10. The van der Waals surface area contributed by atoms with E-state index in [-0.39, 0.29) is 5.02 Å². The SMILES string of the molecule is O=S(=O)(Nc1cccc(Cl)c1F)c1ccc(F)cc1F. The zero-order valence-electron chi connectivity index (χ0n) is 9.70. The van der Waals surface area contributed by atoms with Crippen molar-refractivity contribution in [2.75, 3.05) is 4.72 Å². The molecule has 0 aliphatic carbocycles. The number of sulfonamides is 1. The van der Waals surface area contributed by atoms with Crippen molar-refractivity contribution in [2.45, 2.75) is 4.90 Å². The van der Waals surface area contributed by atoms with Gasteiger partial charge in [-0.25, -0.2) is 21.6 Å². The van der Waals surface area contributed by atoms with E-state index in [1.54, 1.807) is 0 Å². The predicted octanol–water partition coefficient (Wildman–Crippen LogP) is 3.56. The summed E-state index contributed by atoms with van der Waals surface area (Å²) in [6.07, 6.45) is 0.